The van der Waals surface area contributed by atoms with Crippen LogP contribution in [0.1, 0.15) is 65.2 Å². The first-order valence-corrected chi connectivity index (χ1v) is 9.38. The fraction of sp³-hybridized carbons (Fsp3) is 0.895. The smallest absolute Gasteiger partial charge is 0.309 e. The van der Waals surface area contributed by atoms with Crippen molar-refractivity contribution in [3.05, 3.63) is 0 Å². The molecule has 0 heterocycles. The maximum atomic E-state index is 12.7. The van der Waals surface area contributed by atoms with E-state index in [1.165, 1.54) is 19.3 Å². The van der Waals surface area contributed by atoms with Crippen molar-refractivity contribution in [2.45, 2.75) is 65.2 Å². The highest BCUT2D eigenvalue weighted by atomic mass is 16.5. The molecule has 0 aromatic heterocycles. The van der Waals surface area contributed by atoms with Gasteiger partial charge in [0.15, 0.2) is 0 Å². The Morgan fingerprint density at radius 2 is 1.48 bits per heavy atom. The Hall–Kier alpha value is -1.06. The Morgan fingerprint density at radius 1 is 0.957 bits per heavy atom. The van der Waals surface area contributed by atoms with Crippen molar-refractivity contribution in [3.63, 3.8) is 0 Å². The van der Waals surface area contributed by atoms with Crippen LogP contribution in [0.15, 0.2) is 0 Å². The zero-order valence-corrected chi connectivity index (χ0v) is 14.5. The average Bonchev–Trinajstić information content (AvgIpc) is 2.46. The molecule has 4 heteroatoms. The van der Waals surface area contributed by atoms with Crippen LogP contribution in [0.25, 0.3) is 0 Å². The van der Waals surface area contributed by atoms with Crippen LogP contribution in [0, 0.1) is 29.1 Å². The number of carbonyl (C=O) groups is 2. The van der Waals surface area contributed by atoms with Gasteiger partial charge in [-0.25, -0.2) is 0 Å². The minimum absolute atomic E-state index is 0.0845. The van der Waals surface area contributed by atoms with Crippen LogP contribution in [-0.2, 0) is 19.1 Å². The van der Waals surface area contributed by atoms with E-state index in [9.17, 15) is 9.59 Å². The lowest BCUT2D eigenvalue weighted by atomic mass is 9.46. The van der Waals surface area contributed by atoms with E-state index in [4.69, 9.17) is 9.47 Å². The van der Waals surface area contributed by atoms with Crippen LogP contribution in [0.2, 0.25) is 0 Å². The van der Waals surface area contributed by atoms with Gasteiger partial charge in [0.1, 0.15) is 0 Å². The molecule has 0 N–H and O–H groups in total. The fourth-order valence-electron chi connectivity index (χ4n) is 6.02. The Morgan fingerprint density at radius 3 is 1.96 bits per heavy atom. The van der Waals surface area contributed by atoms with Crippen LogP contribution in [0.5, 0.6) is 0 Å². The SMILES string of the molecule is CCOC(=O)CCC(C(=O)OCC)C12CC3CC(CC(C3)C1)C2. The lowest BCUT2D eigenvalue weighted by molar-refractivity contribution is -0.165. The number of hydrogen-bond acceptors (Lipinski definition) is 4. The first-order chi connectivity index (χ1) is 11.1. The van der Waals surface area contributed by atoms with Gasteiger partial charge in [0.2, 0.25) is 0 Å². The molecule has 23 heavy (non-hydrogen) atoms. The Balaban J connectivity index is 1.74. The van der Waals surface area contributed by atoms with Crippen molar-refractivity contribution in [1.82, 2.24) is 0 Å². The van der Waals surface area contributed by atoms with Gasteiger partial charge in [-0.15, -0.1) is 0 Å². The Labute approximate surface area is 139 Å². The second kappa shape index (κ2) is 6.82. The summed E-state index contributed by atoms with van der Waals surface area (Å²) in [5.41, 5.74) is 0.0908. The molecular weight excluding hydrogens is 292 g/mol. The van der Waals surface area contributed by atoms with Gasteiger partial charge in [0, 0.05) is 6.42 Å². The molecule has 4 nitrogen and oxygen atoms in total. The third kappa shape index (κ3) is 3.41. The van der Waals surface area contributed by atoms with Gasteiger partial charge < -0.3 is 9.47 Å². The lowest BCUT2D eigenvalue weighted by Gasteiger charge is -2.59. The monoisotopic (exact) mass is 322 g/mol. The molecule has 0 radical (unpaired) electrons. The number of hydrogen-bond donors (Lipinski definition) is 0. The first-order valence-electron chi connectivity index (χ1n) is 9.38. The average molecular weight is 322 g/mol. The molecule has 0 aromatic carbocycles. The van der Waals surface area contributed by atoms with Crippen molar-refractivity contribution < 1.29 is 19.1 Å². The number of esters is 2. The normalized spacial score (nSPS) is 35.8. The first kappa shape index (κ1) is 16.8. The molecule has 4 saturated carbocycles. The van der Waals surface area contributed by atoms with Crippen molar-refractivity contribution >= 4 is 11.9 Å². The summed E-state index contributed by atoms with van der Waals surface area (Å²) in [4.78, 5) is 24.4. The van der Waals surface area contributed by atoms with E-state index in [-0.39, 0.29) is 23.3 Å². The van der Waals surface area contributed by atoms with Crippen molar-refractivity contribution in [1.29, 1.82) is 0 Å². The van der Waals surface area contributed by atoms with Gasteiger partial charge in [-0.1, -0.05) is 0 Å². The van der Waals surface area contributed by atoms with E-state index in [0.717, 1.165) is 37.0 Å². The summed E-state index contributed by atoms with van der Waals surface area (Å²) in [5, 5.41) is 0. The van der Waals surface area contributed by atoms with E-state index < -0.39 is 0 Å². The minimum atomic E-state index is -0.188. The van der Waals surface area contributed by atoms with Gasteiger partial charge in [0.05, 0.1) is 19.1 Å². The van der Waals surface area contributed by atoms with Crippen LogP contribution in [-0.4, -0.2) is 25.2 Å². The van der Waals surface area contributed by atoms with Gasteiger partial charge >= 0.3 is 11.9 Å². The summed E-state index contributed by atoms with van der Waals surface area (Å²) in [6, 6.07) is 0. The van der Waals surface area contributed by atoms with E-state index >= 15 is 0 Å². The molecule has 130 valence electrons. The van der Waals surface area contributed by atoms with E-state index in [1.807, 2.05) is 13.8 Å². The topological polar surface area (TPSA) is 52.6 Å². The van der Waals surface area contributed by atoms with Crippen molar-refractivity contribution in [3.8, 4) is 0 Å². The highest BCUT2D eigenvalue weighted by molar-refractivity contribution is 5.75. The van der Waals surface area contributed by atoms with Crippen molar-refractivity contribution in [2.24, 2.45) is 29.1 Å². The predicted octanol–water partition coefficient (Wildman–Crippen LogP) is 3.73. The molecular formula is C19H30O4. The molecule has 0 aromatic rings. The highest BCUT2D eigenvalue weighted by Crippen LogP contribution is 2.63. The minimum Gasteiger partial charge on any atom is -0.466 e. The second-order valence-electron chi connectivity index (χ2n) is 7.93. The molecule has 1 unspecified atom stereocenters. The summed E-state index contributed by atoms with van der Waals surface area (Å²) in [6.07, 6.45) is 8.46. The Kier molecular flexibility index (Phi) is 4.98. The van der Waals surface area contributed by atoms with E-state index in [1.54, 1.807) is 0 Å². The fourth-order valence-corrected chi connectivity index (χ4v) is 6.02. The number of ether oxygens (including phenoxy) is 2. The summed E-state index contributed by atoms with van der Waals surface area (Å²) in [7, 11) is 0. The zero-order valence-electron chi connectivity index (χ0n) is 14.5. The molecule has 0 saturated heterocycles. The van der Waals surface area contributed by atoms with E-state index in [2.05, 4.69) is 0 Å². The molecule has 0 spiro atoms. The number of rotatable bonds is 7. The molecule has 4 fully saturated rings. The van der Waals surface area contributed by atoms with Crippen LogP contribution >= 0.6 is 0 Å². The van der Waals surface area contributed by atoms with Crippen LogP contribution < -0.4 is 0 Å². The second-order valence-corrected chi connectivity index (χ2v) is 7.93. The molecule has 1 atom stereocenters. The van der Waals surface area contributed by atoms with Gasteiger partial charge in [-0.05, 0) is 82.0 Å². The highest BCUT2D eigenvalue weighted by Gasteiger charge is 2.56. The summed E-state index contributed by atoms with van der Waals surface area (Å²) >= 11 is 0. The molecule has 0 aliphatic heterocycles. The van der Waals surface area contributed by atoms with Crippen LogP contribution in [0.4, 0.5) is 0 Å². The molecule has 0 amide bonds. The quantitative estimate of drug-likeness (QED) is 0.670. The predicted molar refractivity (Wildman–Crippen MR) is 86.6 cm³/mol. The molecule has 4 aliphatic rings. The summed E-state index contributed by atoms with van der Waals surface area (Å²) < 4.78 is 10.5. The van der Waals surface area contributed by atoms with Crippen LogP contribution in [0.3, 0.4) is 0 Å². The molecule has 4 aliphatic carbocycles. The third-order valence-corrected chi connectivity index (χ3v) is 6.34. The molecule has 4 bridgehead atoms. The third-order valence-electron chi connectivity index (χ3n) is 6.34. The maximum absolute atomic E-state index is 12.7. The summed E-state index contributed by atoms with van der Waals surface area (Å²) in [6.45, 7) is 4.50. The standard InChI is InChI=1S/C19H30O4/c1-3-22-17(20)6-5-16(18(21)23-4-2)19-10-13-7-14(11-19)9-15(8-13)12-19/h13-16H,3-12H2,1-2H3. The zero-order chi connectivity index (χ0) is 16.4. The summed E-state index contributed by atoms with van der Waals surface area (Å²) in [5.74, 6) is 1.98. The van der Waals surface area contributed by atoms with Gasteiger partial charge in [-0.3, -0.25) is 9.59 Å². The van der Waals surface area contributed by atoms with Gasteiger partial charge in [-0.2, -0.15) is 0 Å². The maximum Gasteiger partial charge on any atom is 0.309 e. The van der Waals surface area contributed by atoms with E-state index in [0.29, 0.717) is 26.1 Å². The lowest BCUT2D eigenvalue weighted by Crippen LogP contribution is -2.51. The Bertz CT molecular complexity index is 421. The largest absolute Gasteiger partial charge is 0.466 e. The molecule has 4 rings (SSSR count). The van der Waals surface area contributed by atoms with Gasteiger partial charge in [0.25, 0.3) is 0 Å². The van der Waals surface area contributed by atoms with Crippen molar-refractivity contribution in [2.75, 3.05) is 13.2 Å². The number of carbonyl (C=O) groups excluding carboxylic acids is 2.